The molecule has 1 fully saturated rings. The Hall–Kier alpha value is -2.49. The van der Waals surface area contributed by atoms with Crippen molar-refractivity contribution in [1.82, 2.24) is 19.9 Å². The van der Waals surface area contributed by atoms with Crippen LogP contribution < -0.4 is 5.73 Å². The minimum absolute atomic E-state index is 0.00125. The van der Waals surface area contributed by atoms with Gasteiger partial charge in [-0.3, -0.25) is 4.79 Å². The van der Waals surface area contributed by atoms with Gasteiger partial charge in [-0.05, 0) is 37.8 Å². The number of rotatable bonds is 3. The number of likely N-dealkylation sites (tertiary alicyclic amines) is 1. The Kier molecular flexibility index (Phi) is 5.18. The minimum Gasteiger partial charge on any atom is -0.337 e. The van der Waals surface area contributed by atoms with Gasteiger partial charge in [0.1, 0.15) is 11.5 Å². The molecule has 3 rings (SSSR count). The van der Waals surface area contributed by atoms with Crippen LogP contribution in [0, 0.1) is 11.7 Å². The Balaban J connectivity index is 2.01. The maximum Gasteiger partial charge on any atom is 0.435 e. The average molecular weight is 385 g/mol. The maximum absolute atomic E-state index is 14.0. The summed E-state index contributed by atoms with van der Waals surface area (Å²) in [5, 5.41) is 6.87. The molecule has 27 heavy (non-hydrogen) atoms. The molecule has 2 atom stereocenters. The number of hydrogen-bond acceptors (Lipinski definition) is 4. The van der Waals surface area contributed by atoms with Gasteiger partial charge in [0.15, 0.2) is 11.4 Å². The largest absolute Gasteiger partial charge is 0.435 e. The standard InChI is InChI=1S/C17H19F4N5O/c1-10(22)11-5-4-8-25(9-11)16(27)14-15(17(19,20)21)26(24-23-14)13-7-3-2-6-12(13)18/h2-3,6-7,10-11H,4-5,8-9,22H2,1H3. The number of carbonyl (C=O) groups excluding carboxylic acids is 1. The molecule has 0 radical (unpaired) electrons. The fraction of sp³-hybridized carbons (Fsp3) is 0.471. The zero-order valence-electron chi connectivity index (χ0n) is 14.6. The van der Waals surface area contributed by atoms with Gasteiger partial charge >= 0.3 is 6.18 Å². The molecule has 0 spiro atoms. The molecule has 2 heterocycles. The summed E-state index contributed by atoms with van der Waals surface area (Å²) in [4.78, 5) is 14.0. The average Bonchev–Trinajstić information content (AvgIpc) is 3.06. The van der Waals surface area contributed by atoms with Gasteiger partial charge in [-0.1, -0.05) is 17.3 Å². The van der Waals surface area contributed by atoms with Crippen molar-refractivity contribution in [2.24, 2.45) is 11.7 Å². The summed E-state index contributed by atoms with van der Waals surface area (Å²) in [6.45, 7) is 2.36. The molecule has 146 valence electrons. The number of para-hydroxylation sites is 1. The number of halogens is 4. The molecule has 2 unspecified atom stereocenters. The van der Waals surface area contributed by atoms with Crippen LogP contribution in [-0.4, -0.2) is 44.9 Å². The summed E-state index contributed by atoms with van der Waals surface area (Å²) in [7, 11) is 0. The first-order valence-electron chi connectivity index (χ1n) is 8.52. The van der Waals surface area contributed by atoms with E-state index in [2.05, 4.69) is 10.3 Å². The number of piperidine rings is 1. The molecule has 0 aliphatic carbocycles. The molecule has 0 saturated carbocycles. The first-order chi connectivity index (χ1) is 12.7. The maximum atomic E-state index is 14.0. The Labute approximate surface area is 152 Å². The first kappa shape index (κ1) is 19.3. The summed E-state index contributed by atoms with van der Waals surface area (Å²) in [6.07, 6.45) is -3.50. The van der Waals surface area contributed by atoms with Crippen LogP contribution in [0.2, 0.25) is 0 Å². The lowest BCUT2D eigenvalue weighted by Crippen LogP contribution is -2.45. The first-order valence-corrected chi connectivity index (χ1v) is 8.52. The highest BCUT2D eigenvalue weighted by Crippen LogP contribution is 2.34. The number of benzene rings is 1. The van der Waals surface area contributed by atoms with Crippen LogP contribution in [0.5, 0.6) is 0 Å². The second-order valence-corrected chi connectivity index (χ2v) is 6.66. The van der Waals surface area contributed by atoms with Crippen molar-refractivity contribution in [1.29, 1.82) is 0 Å². The second-order valence-electron chi connectivity index (χ2n) is 6.66. The van der Waals surface area contributed by atoms with Crippen LogP contribution in [0.1, 0.15) is 35.9 Å². The third kappa shape index (κ3) is 3.80. The van der Waals surface area contributed by atoms with E-state index in [-0.39, 0.29) is 18.5 Å². The molecule has 1 aromatic carbocycles. The van der Waals surface area contributed by atoms with Crippen LogP contribution in [0.25, 0.3) is 5.69 Å². The van der Waals surface area contributed by atoms with Crippen molar-refractivity contribution in [3.05, 3.63) is 41.5 Å². The Morgan fingerprint density at radius 2 is 2.04 bits per heavy atom. The van der Waals surface area contributed by atoms with Crippen LogP contribution in [-0.2, 0) is 6.18 Å². The SMILES string of the molecule is CC(N)C1CCCN(C(=O)c2nnn(-c3ccccc3F)c2C(F)(F)F)C1. The van der Waals surface area contributed by atoms with Gasteiger partial charge in [-0.2, -0.15) is 13.2 Å². The minimum atomic E-state index is -4.94. The Morgan fingerprint density at radius 3 is 2.67 bits per heavy atom. The molecule has 1 saturated heterocycles. The topological polar surface area (TPSA) is 77.0 Å². The zero-order valence-corrected chi connectivity index (χ0v) is 14.6. The summed E-state index contributed by atoms with van der Waals surface area (Å²) < 4.78 is 55.3. The monoisotopic (exact) mass is 385 g/mol. The van der Waals surface area contributed by atoms with Crippen molar-refractivity contribution in [3.63, 3.8) is 0 Å². The van der Waals surface area contributed by atoms with E-state index in [0.717, 1.165) is 18.6 Å². The fourth-order valence-corrected chi connectivity index (χ4v) is 3.25. The molecule has 1 aliphatic rings. The van der Waals surface area contributed by atoms with Crippen LogP contribution in [0.15, 0.2) is 24.3 Å². The molecule has 1 amide bonds. The molecular weight excluding hydrogens is 366 g/mol. The summed E-state index contributed by atoms with van der Waals surface area (Å²) in [6, 6.07) is 4.69. The number of amides is 1. The number of aromatic nitrogens is 3. The molecule has 0 bridgehead atoms. The van der Waals surface area contributed by atoms with Crippen molar-refractivity contribution in [3.8, 4) is 5.69 Å². The number of carbonyl (C=O) groups is 1. The fourth-order valence-electron chi connectivity index (χ4n) is 3.25. The highest BCUT2D eigenvalue weighted by Gasteiger charge is 2.43. The van der Waals surface area contributed by atoms with Crippen molar-refractivity contribution < 1.29 is 22.4 Å². The lowest BCUT2D eigenvalue weighted by Gasteiger charge is -2.34. The molecule has 10 heteroatoms. The van der Waals surface area contributed by atoms with E-state index >= 15 is 0 Å². The zero-order chi connectivity index (χ0) is 19.8. The van der Waals surface area contributed by atoms with Crippen LogP contribution in [0.4, 0.5) is 17.6 Å². The molecule has 6 nitrogen and oxygen atoms in total. The summed E-state index contributed by atoms with van der Waals surface area (Å²) >= 11 is 0. The number of nitrogens with zero attached hydrogens (tertiary/aromatic N) is 4. The second kappa shape index (κ2) is 7.26. The summed E-state index contributed by atoms with van der Waals surface area (Å²) in [5.74, 6) is -1.78. The number of alkyl halides is 3. The predicted octanol–water partition coefficient (Wildman–Crippen LogP) is 2.62. The normalized spacial score (nSPS) is 19.2. The van der Waals surface area contributed by atoms with Crippen LogP contribution >= 0.6 is 0 Å². The van der Waals surface area contributed by atoms with Gasteiger partial charge in [0.05, 0.1) is 0 Å². The van der Waals surface area contributed by atoms with E-state index in [0.29, 0.717) is 17.6 Å². The Bertz CT molecular complexity index is 833. The molecule has 2 N–H and O–H groups in total. The highest BCUT2D eigenvalue weighted by atomic mass is 19.4. The van der Waals surface area contributed by atoms with E-state index in [9.17, 15) is 22.4 Å². The quantitative estimate of drug-likeness (QED) is 0.824. The highest BCUT2D eigenvalue weighted by molar-refractivity contribution is 5.93. The number of hydrogen-bond donors (Lipinski definition) is 1. The van der Waals surface area contributed by atoms with Gasteiger partial charge in [0, 0.05) is 19.1 Å². The lowest BCUT2D eigenvalue weighted by atomic mass is 9.92. The van der Waals surface area contributed by atoms with E-state index in [1.54, 1.807) is 6.92 Å². The smallest absolute Gasteiger partial charge is 0.337 e. The molecule has 1 aliphatic heterocycles. The Morgan fingerprint density at radius 1 is 1.33 bits per heavy atom. The van der Waals surface area contributed by atoms with E-state index < -0.39 is 35.0 Å². The summed E-state index contributed by atoms with van der Waals surface area (Å²) in [5.41, 5.74) is 3.22. The van der Waals surface area contributed by atoms with Crippen molar-refractivity contribution in [2.45, 2.75) is 32.0 Å². The van der Waals surface area contributed by atoms with E-state index in [1.165, 1.54) is 17.0 Å². The van der Waals surface area contributed by atoms with Gasteiger partial charge in [0.2, 0.25) is 0 Å². The third-order valence-corrected chi connectivity index (χ3v) is 4.71. The molecule has 2 aromatic rings. The van der Waals surface area contributed by atoms with Gasteiger partial charge in [-0.15, -0.1) is 5.10 Å². The van der Waals surface area contributed by atoms with Crippen LogP contribution in [0.3, 0.4) is 0 Å². The van der Waals surface area contributed by atoms with Gasteiger partial charge < -0.3 is 10.6 Å². The van der Waals surface area contributed by atoms with E-state index in [1.807, 2.05) is 0 Å². The molecular formula is C17H19F4N5O. The van der Waals surface area contributed by atoms with Gasteiger partial charge in [-0.25, -0.2) is 9.07 Å². The lowest BCUT2D eigenvalue weighted by molar-refractivity contribution is -0.143. The number of nitrogens with two attached hydrogens (primary N) is 1. The van der Waals surface area contributed by atoms with Gasteiger partial charge in [0.25, 0.3) is 5.91 Å². The van der Waals surface area contributed by atoms with E-state index in [4.69, 9.17) is 5.73 Å². The molecule has 1 aromatic heterocycles. The predicted molar refractivity (Wildman–Crippen MR) is 88.6 cm³/mol. The van der Waals surface area contributed by atoms with Crippen molar-refractivity contribution >= 4 is 5.91 Å². The third-order valence-electron chi connectivity index (χ3n) is 4.71. The van der Waals surface area contributed by atoms with Crippen molar-refractivity contribution in [2.75, 3.05) is 13.1 Å².